The maximum absolute atomic E-state index is 13.2. The molecule has 0 spiro atoms. The van der Waals surface area contributed by atoms with E-state index in [4.69, 9.17) is 38.9 Å². The third-order valence-corrected chi connectivity index (χ3v) is 8.73. The number of carbonyl (C=O) groups is 4. The molecule has 0 bridgehead atoms. The van der Waals surface area contributed by atoms with Crippen molar-refractivity contribution < 1.29 is 72.8 Å². The van der Waals surface area contributed by atoms with Gasteiger partial charge >= 0.3 is 18.3 Å². The molecule has 4 amide bonds. The number of nitrogens with zero attached hydrogens (tertiary/aromatic N) is 1. The number of hydrogen-bond acceptors (Lipinski definition) is 16. The third kappa shape index (κ3) is 13.3. The Morgan fingerprint density at radius 1 is 0.839 bits per heavy atom. The van der Waals surface area contributed by atoms with Gasteiger partial charge in [-0.1, -0.05) is 0 Å². The van der Waals surface area contributed by atoms with Crippen LogP contribution in [-0.4, -0.2) is 160 Å². The van der Waals surface area contributed by atoms with Gasteiger partial charge in [0.2, 0.25) is 12.2 Å². The molecule has 9 N–H and O–H groups in total. The van der Waals surface area contributed by atoms with Gasteiger partial charge in [-0.3, -0.25) is 4.79 Å². The van der Waals surface area contributed by atoms with Gasteiger partial charge in [0.1, 0.15) is 59.2 Å². The number of amides is 4. The molecule has 3 aliphatic rings. The highest BCUT2D eigenvalue weighted by molar-refractivity contribution is 5.77. The number of aliphatic hydroxyl groups excluding tert-OH is 3. The molecule has 2 heterocycles. The largest absolute Gasteiger partial charge is 0.466 e. The van der Waals surface area contributed by atoms with Gasteiger partial charge in [0.15, 0.2) is 6.29 Å². The van der Waals surface area contributed by atoms with E-state index >= 15 is 0 Å². The number of nitrogens with one attached hydrogen (secondary N) is 3. The van der Waals surface area contributed by atoms with Crippen molar-refractivity contribution in [3.05, 3.63) is 11.8 Å². The lowest BCUT2D eigenvalue weighted by atomic mass is 9.83. The topological polar surface area (TPSA) is 279 Å². The van der Waals surface area contributed by atoms with E-state index in [0.717, 1.165) is 4.90 Å². The number of hydrogen-bond donors (Lipinski definition) is 8. The number of aliphatic hydroxyl groups is 4. The van der Waals surface area contributed by atoms with E-state index in [0.29, 0.717) is 5.76 Å². The minimum atomic E-state index is -1.81. The lowest BCUT2D eigenvalue weighted by Crippen LogP contribution is -2.70. The molecule has 0 aromatic carbocycles. The van der Waals surface area contributed by atoms with E-state index in [-0.39, 0.29) is 19.4 Å². The van der Waals surface area contributed by atoms with E-state index in [9.17, 15) is 39.6 Å². The first kappa shape index (κ1) is 46.9. The highest BCUT2D eigenvalue weighted by Crippen LogP contribution is 2.35. The molecule has 20 heteroatoms. The first-order valence-corrected chi connectivity index (χ1v) is 18.6. The van der Waals surface area contributed by atoms with Crippen LogP contribution in [0.3, 0.4) is 0 Å². The molecule has 1 saturated carbocycles. The van der Waals surface area contributed by atoms with Crippen molar-refractivity contribution in [2.24, 2.45) is 5.73 Å². The van der Waals surface area contributed by atoms with Gasteiger partial charge in [0.05, 0.1) is 37.3 Å². The normalized spacial score (nSPS) is 32.5. The summed E-state index contributed by atoms with van der Waals surface area (Å²) in [6, 6.07) is -4.58. The Hall–Kier alpha value is -3.50. The highest BCUT2D eigenvalue weighted by atomic mass is 16.7. The third-order valence-electron chi connectivity index (χ3n) is 8.73. The van der Waals surface area contributed by atoms with Gasteiger partial charge in [-0.15, -0.1) is 0 Å². The summed E-state index contributed by atoms with van der Waals surface area (Å²) < 4.78 is 40.7. The molecule has 11 atom stereocenters. The lowest BCUT2D eigenvalue weighted by Gasteiger charge is -2.50. The molecular weight excluding hydrogens is 742 g/mol. The molecule has 0 radical (unpaired) electrons. The summed E-state index contributed by atoms with van der Waals surface area (Å²) in [6.07, 6.45) is -10.4. The first-order chi connectivity index (χ1) is 25.6. The van der Waals surface area contributed by atoms with E-state index in [2.05, 4.69) is 16.0 Å². The van der Waals surface area contributed by atoms with Crippen LogP contribution in [0.4, 0.5) is 14.4 Å². The van der Waals surface area contributed by atoms with Crippen LogP contribution >= 0.6 is 0 Å². The summed E-state index contributed by atoms with van der Waals surface area (Å²) in [5, 5.41) is 52.6. The number of nitrogens with two attached hydrogens (primary N) is 1. The fraction of sp³-hybridized carbons (Fsp3) is 0.833. The molecular formula is C36H63N5O15. The summed E-state index contributed by atoms with van der Waals surface area (Å²) in [4.78, 5) is 52.7. The predicted molar refractivity (Wildman–Crippen MR) is 196 cm³/mol. The second kappa shape index (κ2) is 18.4. The smallest absolute Gasteiger partial charge is 0.410 e. The Kier molecular flexibility index (Phi) is 15.4. The quantitative estimate of drug-likeness (QED) is 0.136. The second-order valence-electron chi connectivity index (χ2n) is 17.4. The summed E-state index contributed by atoms with van der Waals surface area (Å²) >= 11 is 0. The molecule has 2 aliphatic heterocycles. The molecule has 322 valence electrons. The predicted octanol–water partition coefficient (Wildman–Crippen LogP) is 0.0778. The molecule has 20 nitrogen and oxygen atoms in total. The Bertz CT molecular complexity index is 1410. The number of alkyl carbamates (subject to hydrolysis) is 2. The van der Waals surface area contributed by atoms with Crippen molar-refractivity contribution in [2.45, 2.75) is 166 Å². The Morgan fingerprint density at radius 3 is 1.84 bits per heavy atom. The minimum absolute atomic E-state index is 0.0353. The Morgan fingerprint density at radius 2 is 1.34 bits per heavy atom. The van der Waals surface area contributed by atoms with Crippen LogP contribution in [0.1, 0.15) is 82.1 Å². The number of rotatable bonds is 10. The average Bonchev–Trinajstić information content (AvgIpc) is 3.03. The zero-order chi connectivity index (χ0) is 42.6. The average molecular weight is 806 g/mol. The van der Waals surface area contributed by atoms with E-state index in [1.54, 1.807) is 68.4 Å². The lowest BCUT2D eigenvalue weighted by molar-refractivity contribution is -0.311. The molecule has 0 unspecified atom stereocenters. The van der Waals surface area contributed by atoms with Crippen molar-refractivity contribution in [3.63, 3.8) is 0 Å². The van der Waals surface area contributed by atoms with E-state index in [1.807, 2.05) is 0 Å². The van der Waals surface area contributed by atoms with Gasteiger partial charge < -0.3 is 80.2 Å². The number of ether oxygens (including phenoxy) is 7. The van der Waals surface area contributed by atoms with Gasteiger partial charge in [-0.25, -0.2) is 14.4 Å². The van der Waals surface area contributed by atoms with Crippen LogP contribution in [0, 0.1) is 0 Å². The van der Waals surface area contributed by atoms with Crippen molar-refractivity contribution in [1.29, 1.82) is 0 Å². The molecule has 2 fully saturated rings. The molecule has 56 heavy (non-hydrogen) atoms. The highest BCUT2D eigenvalue weighted by Gasteiger charge is 2.55. The number of carbonyl (C=O) groups excluding carboxylic acids is 4. The zero-order valence-corrected chi connectivity index (χ0v) is 34.2. The standard InChI is InChI=1S/C36H63N5O15/c1-33(2,3)54-30(46)39-19-13-12-18(15-37)51-28(19)52-26-21(40-31(47)55-34(4,5)6)14-20(38-22(43)16-42)25(23(26)44)53-29-24(45)27(36(10,49)17-50-29)41(11)32(48)56-35(7,8)9/h12,19-21,23-29,42,44-45,49H,13-17,37H2,1-11H3,(H,38,43)(H,39,46)(H,40,47)/t19-,20-,21+,23-,24-,25+,26-,27-,28-,29-,36+/m1/s1. The van der Waals surface area contributed by atoms with Crippen LogP contribution in [0.5, 0.6) is 0 Å². The second-order valence-corrected chi connectivity index (χ2v) is 17.4. The van der Waals surface area contributed by atoms with Gasteiger partial charge in [0.25, 0.3) is 0 Å². The Labute approximate surface area is 327 Å². The maximum Gasteiger partial charge on any atom is 0.410 e. The zero-order valence-electron chi connectivity index (χ0n) is 34.2. The first-order valence-electron chi connectivity index (χ1n) is 18.6. The van der Waals surface area contributed by atoms with Crippen LogP contribution in [0.25, 0.3) is 0 Å². The molecule has 1 aliphatic carbocycles. The maximum atomic E-state index is 13.2. The van der Waals surface area contributed by atoms with E-state index in [1.165, 1.54) is 14.0 Å². The van der Waals surface area contributed by atoms with Crippen LogP contribution in [-0.2, 0) is 38.0 Å². The van der Waals surface area contributed by atoms with Crippen molar-refractivity contribution >= 4 is 24.2 Å². The molecule has 3 rings (SSSR count). The van der Waals surface area contributed by atoms with Crippen molar-refractivity contribution in [2.75, 3.05) is 26.8 Å². The van der Waals surface area contributed by atoms with Gasteiger partial charge in [-0.05, 0) is 88.2 Å². The summed E-state index contributed by atoms with van der Waals surface area (Å²) in [5.41, 5.74) is 1.39. The van der Waals surface area contributed by atoms with Crippen LogP contribution in [0.15, 0.2) is 11.8 Å². The fourth-order valence-electron chi connectivity index (χ4n) is 6.51. The molecule has 0 aromatic rings. The van der Waals surface area contributed by atoms with E-state index < -0.39 is 121 Å². The van der Waals surface area contributed by atoms with Crippen LogP contribution < -0.4 is 21.7 Å². The molecule has 0 aromatic heterocycles. The minimum Gasteiger partial charge on any atom is -0.466 e. The SMILES string of the molecule is CN(C(=O)OC(C)(C)C)[C@@H]1[C@@H](O)[C@@H](O[C@@H]2[C@@H](O)[C@H](O[C@H]3OC(CN)=CC[C@H]3NC(=O)OC(C)(C)C)[C@@H](NC(=O)OC(C)(C)C)C[C@H]2NC(=O)CO)OC[C@]1(C)O. The van der Waals surface area contributed by atoms with Gasteiger partial charge in [0, 0.05) is 7.05 Å². The summed E-state index contributed by atoms with van der Waals surface area (Å²) in [5.74, 6) is -0.553. The monoisotopic (exact) mass is 805 g/mol. The van der Waals surface area contributed by atoms with Crippen molar-refractivity contribution in [3.8, 4) is 0 Å². The Balaban J connectivity index is 2.03. The van der Waals surface area contributed by atoms with Gasteiger partial charge in [-0.2, -0.15) is 0 Å². The fourth-order valence-corrected chi connectivity index (χ4v) is 6.51. The number of likely N-dealkylation sites (N-methyl/N-ethyl adjacent to an activating group) is 1. The summed E-state index contributed by atoms with van der Waals surface area (Å²) in [7, 11) is 1.32. The summed E-state index contributed by atoms with van der Waals surface area (Å²) in [6.45, 7) is 14.9. The molecule has 1 saturated heterocycles. The van der Waals surface area contributed by atoms with Crippen LogP contribution in [0.2, 0.25) is 0 Å². The van der Waals surface area contributed by atoms with Crippen molar-refractivity contribution in [1.82, 2.24) is 20.9 Å².